The van der Waals surface area contributed by atoms with Crippen molar-refractivity contribution in [3.8, 4) is 11.3 Å². The zero-order chi connectivity index (χ0) is 13.3. The second kappa shape index (κ2) is 4.48. The molecule has 0 aliphatic carbocycles. The highest BCUT2D eigenvalue weighted by atomic mass is 19.4. The third-order valence-electron chi connectivity index (χ3n) is 2.63. The van der Waals surface area contributed by atoms with Crippen LogP contribution in [-0.2, 0) is 6.30 Å². The van der Waals surface area contributed by atoms with Gasteiger partial charge in [0.2, 0.25) is 0 Å². The van der Waals surface area contributed by atoms with E-state index >= 15 is 0 Å². The maximum atomic E-state index is 12.9. The molecule has 2 rings (SSSR count). The molecule has 5 heteroatoms. The molecular formula is C13H13F3N2. The zero-order valence-corrected chi connectivity index (χ0v) is 10.1. The molecule has 0 radical (unpaired) electrons. The molecule has 0 N–H and O–H groups in total. The lowest BCUT2D eigenvalue weighted by Gasteiger charge is -2.10. The summed E-state index contributed by atoms with van der Waals surface area (Å²) in [6.45, 7) is 3.63. The molecular weight excluding hydrogens is 241 g/mol. The first-order valence-corrected chi connectivity index (χ1v) is 5.62. The van der Waals surface area contributed by atoms with Gasteiger partial charge < -0.3 is 0 Å². The van der Waals surface area contributed by atoms with Gasteiger partial charge in [0.25, 0.3) is 0 Å². The minimum absolute atomic E-state index is 0.0453. The highest BCUT2D eigenvalue weighted by Gasteiger charge is 2.35. The Morgan fingerprint density at radius 3 is 2.22 bits per heavy atom. The Labute approximate surface area is 103 Å². The largest absolute Gasteiger partial charge is 0.505 e. The van der Waals surface area contributed by atoms with E-state index < -0.39 is 6.30 Å². The van der Waals surface area contributed by atoms with Crippen LogP contribution in [0.25, 0.3) is 11.3 Å². The average Bonchev–Trinajstić information content (AvgIpc) is 2.74. The number of aromatic nitrogens is 2. The average molecular weight is 254 g/mol. The van der Waals surface area contributed by atoms with Crippen LogP contribution in [0.4, 0.5) is 13.2 Å². The molecule has 0 unspecified atom stereocenters. The normalized spacial score (nSPS) is 12.1. The molecule has 0 saturated heterocycles. The molecule has 2 nitrogen and oxygen atoms in total. The maximum absolute atomic E-state index is 12.9. The van der Waals surface area contributed by atoms with E-state index in [0.717, 1.165) is 0 Å². The highest BCUT2D eigenvalue weighted by Crippen LogP contribution is 2.31. The molecule has 0 aliphatic rings. The van der Waals surface area contributed by atoms with Crippen LogP contribution >= 0.6 is 0 Å². The number of hydrogen-bond acceptors (Lipinski definition) is 1. The van der Waals surface area contributed by atoms with E-state index in [1.807, 2.05) is 13.8 Å². The predicted octanol–water partition coefficient (Wildman–Crippen LogP) is 4.15. The first-order chi connectivity index (χ1) is 8.39. The maximum Gasteiger partial charge on any atom is 0.505 e. The molecule has 0 amide bonds. The van der Waals surface area contributed by atoms with E-state index in [9.17, 15) is 13.2 Å². The van der Waals surface area contributed by atoms with Crippen LogP contribution in [0.5, 0.6) is 0 Å². The lowest BCUT2D eigenvalue weighted by Crippen LogP contribution is -2.19. The van der Waals surface area contributed by atoms with Crippen LogP contribution in [0.3, 0.4) is 0 Å². The monoisotopic (exact) mass is 254 g/mol. The van der Waals surface area contributed by atoms with E-state index in [0.29, 0.717) is 11.3 Å². The summed E-state index contributed by atoms with van der Waals surface area (Å²) < 4.78 is 38.9. The fourth-order valence-corrected chi connectivity index (χ4v) is 1.69. The minimum atomic E-state index is -4.50. The van der Waals surface area contributed by atoms with Crippen molar-refractivity contribution >= 4 is 0 Å². The van der Waals surface area contributed by atoms with Crippen molar-refractivity contribution in [2.75, 3.05) is 0 Å². The Morgan fingerprint density at radius 2 is 1.72 bits per heavy atom. The van der Waals surface area contributed by atoms with Gasteiger partial charge in [0.1, 0.15) is 0 Å². The first-order valence-electron chi connectivity index (χ1n) is 5.62. The Bertz CT molecular complexity index is 527. The lowest BCUT2D eigenvalue weighted by atomic mass is 10.1. The molecule has 1 heterocycles. The smallest absolute Gasteiger partial charge is 0.171 e. The topological polar surface area (TPSA) is 17.8 Å². The van der Waals surface area contributed by atoms with E-state index in [1.165, 1.54) is 6.07 Å². The number of benzene rings is 1. The second-order valence-electron chi connectivity index (χ2n) is 4.35. The van der Waals surface area contributed by atoms with Crippen molar-refractivity contribution in [3.63, 3.8) is 0 Å². The number of hydrogen-bond donors (Lipinski definition) is 0. The van der Waals surface area contributed by atoms with E-state index in [1.54, 1.807) is 30.3 Å². The summed E-state index contributed by atoms with van der Waals surface area (Å²) in [5, 5.41) is 3.65. The summed E-state index contributed by atoms with van der Waals surface area (Å²) in [6, 6.07) is 9.96. The summed E-state index contributed by atoms with van der Waals surface area (Å²) in [5.74, 6) is -0.0453. The predicted molar refractivity (Wildman–Crippen MR) is 63.1 cm³/mol. The van der Waals surface area contributed by atoms with Crippen LogP contribution in [0.1, 0.15) is 25.5 Å². The molecule has 18 heavy (non-hydrogen) atoms. The molecule has 96 valence electrons. The summed E-state index contributed by atoms with van der Waals surface area (Å²) in [6.07, 6.45) is -4.50. The van der Waals surface area contributed by atoms with Gasteiger partial charge in [-0.05, 0) is 12.0 Å². The Hall–Kier alpha value is -1.78. The van der Waals surface area contributed by atoms with Crippen molar-refractivity contribution in [1.82, 2.24) is 9.78 Å². The fraction of sp³-hybridized carbons (Fsp3) is 0.308. The van der Waals surface area contributed by atoms with Crippen molar-refractivity contribution in [2.24, 2.45) is 0 Å². The van der Waals surface area contributed by atoms with Crippen molar-refractivity contribution in [2.45, 2.75) is 26.1 Å². The third-order valence-corrected chi connectivity index (χ3v) is 2.63. The van der Waals surface area contributed by atoms with E-state index in [4.69, 9.17) is 0 Å². The summed E-state index contributed by atoms with van der Waals surface area (Å²) >= 11 is 0. The van der Waals surface area contributed by atoms with Gasteiger partial charge in [0, 0.05) is 5.56 Å². The van der Waals surface area contributed by atoms with Crippen LogP contribution in [-0.4, -0.2) is 9.78 Å². The van der Waals surface area contributed by atoms with Gasteiger partial charge in [-0.1, -0.05) is 44.2 Å². The molecule has 0 aliphatic heterocycles. The van der Waals surface area contributed by atoms with Gasteiger partial charge in [-0.2, -0.15) is 9.78 Å². The SMILES string of the molecule is CC(C)c1cc(-c2ccccc2)n(C(F)(F)F)n1. The first kappa shape index (κ1) is 12.7. The quantitative estimate of drug-likeness (QED) is 0.787. The Balaban J connectivity index is 2.59. The molecule has 0 atom stereocenters. The lowest BCUT2D eigenvalue weighted by molar-refractivity contribution is -0.211. The minimum Gasteiger partial charge on any atom is -0.171 e. The third kappa shape index (κ3) is 2.39. The van der Waals surface area contributed by atoms with Gasteiger partial charge in [-0.3, -0.25) is 0 Å². The van der Waals surface area contributed by atoms with Crippen LogP contribution in [0.15, 0.2) is 36.4 Å². The van der Waals surface area contributed by atoms with Gasteiger partial charge in [-0.25, -0.2) is 0 Å². The second-order valence-corrected chi connectivity index (χ2v) is 4.35. The van der Waals surface area contributed by atoms with Gasteiger partial charge in [0.05, 0.1) is 11.4 Å². The number of alkyl halides is 3. The standard InChI is InChI=1S/C13H13F3N2/c1-9(2)11-8-12(10-6-4-3-5-7-10)18(17-11)13(14,15)16/h3-9H,1-2H3. The van der Waals surface area contributed by atoms with Crippen molar-refractivity contribution < 1.29 is 13.2 Å². The van der Waals surface area contributed by atoms with Gasteiger partial charge in [0.15, 0.2) is 0 Å². The zero-order valence-electron chi connectivity index (χ0n) is 10.1. The summed E-state index contributed by atoms with van der Waals surface area (Å²) in [4.78, 5) is 0. The molecule has 0 spiro atoms. The van der Waals surface area contributed by atoms with Crippen molar-refractivity contribution in [3.05, 3.63) is 42.1 Å². The number of halogens is 3. The Morgan fingerprint density at radius 1 is 1.11 bits per heavy atom. The number of nitrogens with zero attached hydrogens (tertiary/aromatic N) is 2. The van der Waals surface area contributed by atoms with Gasteiger partial charge >= 0.3 is 6.30 Å². The molecule has 2 aromatic rings. The number of rotatable bonds is 2. The molecule has 0 fully saturated rings. The van der Waals surface area contributed by atoms with E-state index in [-0.39, 0.29) is 16.3 Å². The molecule has 1 aromatic carbocycles. The van der Waals surface area contributed by atoms with Crippen LogP contribution in [0.2, 0.25) is 0 Å². The van der Waals surface area contributed by atoms with Gasteiger partial charge in [-0.15, -0.1) is 13.2 Å². The molecule has 1 aromatic heterocycles. The summed E-state index contributed by atoms with van der Waals surface area (Å²) in [5.41, 5.74) is 1.02. The van der Waals surface area contributed by atoms with Crippen LogP contribution < -0.4 is 0 Å². The Kier molecular flexibility index (Phi) is 3.15. The van der Waals surface area contributed by atoms with Crippen molar-refractivity contribution in [1.29, 1.82) is 0 Å². The fourth-order valence-electron chi connectivity index (χ4n) is 1.69. The highest BCUT2D eigenvalue weighted by molar-refractivity contribution is 5.60. The molecule has 0 bridgehead atoms. The van der Waals surface area contributed by atoms with Crippen LogP contribution in [0, 0.1) is 0 Å². The summed E-state index contributed by atoms with van der Waals surface area (Å²) in [7, 11) is 0. The van der Waals surface area contributed by atoms with E-state index in [2.05, 4.69) is 5.10 Å². The molecule has 0 saturated carbocycles.